The van der Waals surface area contributed by atoms with Gasteiger partial charge in [0.2, 0.25) is 0 Å². The first-order chi connectivity index (χ1) is 11.7. The molecule has 6 heteroatoms. The molecule has 0 saturated carbocycles. The summed E-state index contributed by atoms with van der Waals surface area (Å²) in [6.07, 6.45) is 2.68. The molecule has 0 aliphatic rings. The molecule has 0 bridgehead atoms. The Hall–Kier alpha value is -2.48. The van der Waals surface area contributed by atoms with Gasteiger partial charge in [-0.25, -0.2) is 0 Å². The van der Waals surface area contributed by atoms with Crippen LogP contribution in [0.4, 0.5) is 0 Å². The highest BCUT2D eigenvalue weighted by atomic mass is 35.5. The topological polar surface area (TPSA) is 55.0 Å². The molecule has 24 heavy (non-hydrogen) atoms. The Morgan fingerprint density at radius 2 is 2.08 bits per heavy atom. The largest absolute Gasteiger partial charge is 0.489 e. The Bertz CT molecular complexity index is 958. The normalized spacial score (nSPS) is 10.5. The molecule has 120 valence electrons. The molecule has 0 amide bonds. The van der Waals surface area contributed by atoms with Crippen LogP contribution in [0.5, 0.6) is 5.75 Å². The van der Waals surface area contributed by atoms with Gasteiger partial charge >= 0.3 is 0 Å². The molecule has 2 aromatic carbocycles. The second kappa shape index (κ2) is 6.96. The lowest BCUT2D eigenvalue weighted by Gasteiger charge is -2.12. The third-order valence-corrected chi connectivity index (χ3v) is 4.04. The van der Waals surface area contributed by atoms with Crippen molar-refractivity contribution in [3.05, 3.63) is 58.7 Å². The number of aldehydes is 1. The lowest BCUT2D eigenvalue weighted by molar-refractivity contribution is 0.112. The van der Waals surface area contributed by atoms with Crippen molar-refractivity contribution in [1.29, 1.82) is 5.26 Å². The Kier molecular flexibility index (Phi) is 4.75. The van der Waals surface area contributed by atoms with Gasteiger partial charge in [0, 0.05) is 22.8 Å². The van der Waals surface area contributed by atoms with Gasteiger partial charge in [0.05, 0.1) is 22.0 Å². The van der Waals surface area contributed by atoms with Crippen LogP contribution in [-0.4, -0.2) is 23.3 Å². The van der Waals surface area contributed by atoms with Crippen LogP contribution < -0.4 is 4.74 Å². The summed E-state index contributed by atoms with van der Waals surface area (Å²) < 4.78 is 7.37. The highest BCUT2D eigenvalue weighted by Gasteiger charge is 2.13. The number of fused-ring (bicyclic) bond motifs is 1. The fourth-order valence-electron chi connectivity index (χ4n) is 2.55. The quantitative estimate of drug-likeness (QED) is 0.495. The molecule has 3 aromatic rings. The molecule has 0 radical (unpaired) electrons. The molecule has 0 aliphatic carbocycles. The summed E-state index contributed by atoms with van der Waals surface area (Å²) in [5.74, 6) is 0.646. The number of rotatable bonds is 5. The number of hydrogen-bond donors (Lipinski definition) is 0. The first-order valence-corrected chi connectivity index (χ1v) is 8.08. The number of hydrogen-bond acceptors (Lipinski definition) is 3. The van der Waals surface area contributed by atoms with Gasteiger partial charge in [0.25, 0.3) is 0 Å². The van der Waals surface area contributed by atoms with Gasteiger partial charge in [-0.15, -0.1) is 11.6 Å². The number of alkyl halides is 1. The number of carbonyl (C=O) groups excluding carboxylic acids is 1. The summed E-state index contributed by atoms with van der Waals surface area (Å²) in [5.41, 5.74) is 2.61. The Morgan fingerprint density at radius 3 is 2.79 bits per heavy atom. The molecule has 4 nitrogen and oxygen atoms in total. The molecule has 0 atom stereocenters. The number of ether oxygens (including phenoxy) is 1. The van der Waals surface area contributed by atoms with Crippen molar-refractivity contribution in [2.45, 2.75) is 0 Å². The molecule has 0 spiro atoms. The first-order valence-electron chi connectivity index (χ1n) is 7.17. The Labute approximate surface area is 148 Å². The van der Waals surface area contributed by atoms with E-state index >= 15 is 0 Å². The van der Waals surface area contributed by atoms with Crippen LogP contribution in [0.1, 0.15) is 15.9 Å². The molecule has 0 fully saturated rings. The van der Waals surface area contributed by atoms with Crippen molar-refractivity contribution in [1.82, 2.24) is 4.57 Å². The number of nitriles is 1. The Morgan fingerprint density at radius 1 is 1.25 bits per heavy atom. The smallest absolute Gasteiger partial charge is 0.155 e. The number of nitrogens with zero attached hydrogens (tertiary/aromatic N) is 2. The average molecular weight is 359 g/mol. The van der Waals surface area contributed by atoms with E-state index < -0.39 is 0 Å². The zero-order valence-electron chi connectivity index (χ0n) is 12.5. The summed E-state index contributed by atoms with van der Waals surface area (Å²) in [5, 5.41) is 10.7. The van der Waals surface area contributed by atoms with E-state index in [1.165, 1.54) is 0 Å². The predicted molar refractivity (Wildman–Crippen MR) is 94.6 cm³/mol. The van der Waals surface area contributed by atoms with E-state index in [-0.39, 0.29) is 6.61 Å². The Balaban J connectivity index is 2.12. The predicted octanol–water partition coefficient (Wildman–Crippen LogP) is 4.59. The van der Waals surface area contributed by atoms with Gasteiger partial charge in [-0.3, -0.25) is 4.79 Å². The van der Waals surface area contributed by atoms with Gasteiger partial charge in [-0.05, 0) is 36.4 Å². The highest BCUT2D eigenvalue weighted by molar-refractivity contribution is 6.32. The van der Waals surface area contributed by atoms with Crippen LogP contribution in [0, 0.1) is 11.3 Å². The zero-order chi connectivity index (χ0) is 17.1. The van der Waals surface area contributed by atoms with E-state index in [1.807, 2.05) is 29.0 Å². The van der Waals surface area contributed by atoms with Crippen LogP contribution in [0.25, 0.3) is 16.6 Å². The van der Waals surface area contributed by atoms with Crippen LogP contribution in [0.3, 0.4) is 0 Å². The summed E-state index contributed by atoms with van der Waals surface area (Å²) in [6, 6.07) is 12.9. The fraction of sp³-hybridized carbons (Fsp3) is 0.111. The minimum absolute atomic E-state index is 0.274. The van der Waals surface area contributed by atoms with Gasteiger partial charge in [0.15, 0.2) is 5.75 Å². The SMILES string of the molecule is N#Cc1cc(-n2ccc3cc(C=O)ccc32)cc(Cl)c1OCCCl. The molecule has 0 saturated heterocycles. The van der Waals surface area contributed by atoms with Gasteiger partial charge in [0.1, 0.15) is 19.0 Å². The summed E-state index contributed by atoms with van der Waals surface area (Å²) >= 11 is 11.9. The van der Waals surface area contributed by atoms with Crippen molar-refractivity contribution in [2.24, 2.45) is 0 Å². The van der Waals surface area contributed by atoms with E-state index in [0.717, 1.165) is 22.9 Å². The van der Waals surface area contributed by atoms with Gasteiger partial charge < -0.3 is 9.30 Å². The maximum Gasteiger partial charge on any atom is 0.155 e. The highest BCUT2D eigenvalue weighted by Crippen LogP contribution is 2.33. The van der Waals surface area contributed by atoms with E-state index in [9.17, 15) is 10.1 Å². The van der Waals surface area contributed by atoms with Crippen molar-refractivity contribution in [3.63, 3.8) is 0 Å². The number of halogens is 2. The number of benzene rings is 2. The average Bonchev–Trinajstić information content (AvgIpc) is 3.03. The number of aromatic nitrogens is 1. The molecule has 1 heterocycles. The van der Waals surface area contributed by atoms with E-state index in [2.05, 4.69) is 6.07 Å². The molecular weight excluding hydrogens is 347 g/mol. The van der Waals surface area contributed by atoms with Crippen molar-refractivity contribution < 1.29 is 9.53 Å². The van der Waals surface area contributed by atoms with Gasteiger partial charge in [-0.1, -0.05) is 11.6 Å². The molecule has 0 N–H and O–H groups in total. The van der Waals surface area contributed by atoms with Crippen LogP contribution in [-0.2, 0) is 0 Å². The zero-order valence-corrected chi connectivity index (χ0v) is 14.0. The third-order valence-electron chi connectivity index (χ3n) is 3.60. The third kappa shape index (κ3) is 2.96. The van der Waals surface area contributed by atoms with E-state index in [1.54, 1.807) is 18.2 Å². The minimum Gasteiger partial charge on any atom is -0.489 e. The van der Waals surface area contributed by atoms with E-state index in [4.69, 9.17) is 27.9 Å². The lowest BCUT2D eigenvalue weighted by Crippen LogP contribution is -2.02. The minimum atomic E-state index is 0.274. The van der Waals surface area contributed by atoms with Crippen molar-refractivity contribution >= 4 is 40.4 Å². The lowest BCUT2D eigenvalue weighted by atomic mass is 10.1. The van der Waals surface area contributed by atoms with Gasteiger partial charge in [-0.2, -0.15) is 5.26 Å². The maximum atomic E-state index is 10.9. The molecule has 1 aromatic heterocycles. The molecule has 0 aliphatic heterocycles. The van der Waals surface area contributed by atoms with Crippen LogP contribution in [0.15, 0.2) is 42.6 Å². The van der Waals surface area contributed by atoms with E-state index in [0.29, 0.717) is 27.8 Å². The summed E-state index contributed by atoms with van der Waals surface area (Å²) in [6.45, 7) is 0.274. The standard InChI is InChI=1S/C18H12Cl2N2O2/c19-4-6-24-18-14(10-21)8-15(9-16(18)20)22-5-3-13-7-12(11-23)1-2-17(13)22/h1-3,5,7-9,11H,4,6H2. The second-order valence-electron chi connectivity index (χ2n) is 5.08. The summed E-state index contributed by atoms with van der Waals surface area (Å²) in [4.78, 5) is 10.9. The second-order valence-corrected chi connectivity index (χ2v) is 5.86. The number of carbonyl (C=O) groups is 1. The fourth-order valence-corrected chi connectivity index (χ4v) is 2.89. The van der Waals surface area contributed by atoms with Crippen molar-refractivity contribution in [2.75, 3.05) is 12.5 Å². The van der Waals surface area contributed by atoms with Crippen LogP contribution in [0.2, 0.25) is 5.02 Å². The monoisotopic (exact) mass is 358 g/mol. The molecule has 3 rings (SSSR count). The molecule has 0 unspecified atom stereocenters. The molecular formula is C18H12Cl2N2O2. The maximum absolute atomic E-state index is 10.9. The summed E-state index contributed by atoms with van der Waals surface area (Å²) in [7, 11) is 0. The van der Waals surface area contributed by atoms with Crippen molar-refractivity contribution in [3.8, 4) is 17.5 Å². The van der Waals surface area contributed by atoms with Crippen LogP contribution >= 0.6 is 23.2 Å². The first kappa shape index (κ1) is 16.4.